The fourth-order valence-electron chi connectivity index (χ4n) is 3.27. The van der Waals surface area contributed by atoms with E-state index in [4.69, 9.17) is 4.74 Å². The van der Waals surface area contributed by atoms with E-state index in [0.29, 0.717) is 11.3 Å². The molecule has 0 fully saturated rings. The fourth-order valence-corrected chi connectivity index (χ4v) is 3.27. The molecular weight excluding hydrogens is 374 g/mol. The Morgan fingerprint density at radius 2 is 1.57 bits per heavy atom. The SMILES string of the molecule is Cc1ccc(-n2nc(C)c(NC(=O)c3cccc(Oc4ccccc4)c3)c2C)cc1. The Kier molecular flexibility index (Phi) is 5.35. The van der Waals surface area contributed by atoms with Crippen LogP contribution in [0.3, 0.4) is 0 Å². The maximum absolute atomic E-state index is 12.9. The summed E-state index contributed by atoms with van der Waals surface area (Å²) in [5.41, 5.74) is 5.02. The second kappa shape index (κ2) is 8.25. The van der Waals surface area contributed by atoms with E-state index in [9.17, 15) is 4.79 Å². The Labute approximate surface area is 175 Å². The first-order valence-corrected chi connectivity index (χ1v) is 9.79. The van der Waals surface area contributed by atoms with Crippen LogP contribution in [0.1, 0.15) is 27.3 Å². The molecule has 3 aromatic carbocycles. The summed E-state index contributed by atoms with van der Waals surface area (Å²) in [6, 6.07) is 24.8. The Hall–Kier alpha value is -3.86. The van der Waals surface area contributed by atoms with Crippen LogP contribution in [0.5, 0.6) is 11.5 Å². The first kappa shape index (κ1) is 19.5. The van der Waals surface area contributed by atoms with E-state index >= 15 is 0 Å². The molecule has 30 heavy (non-hydrogen) atoms. The number of carbonyl (C=O) groups is 1. The van der Waals surface area contributed by atoms with Gasteiger partial charge in [0.2, 0.25) is 0 Å². The van der Waals surface area contributed by atoms with Crippen molar-refractivity contribution in [3.8, 4) is 17.2 Å². The van der Waals surface area contributed by atoms with Crippen LogP contribution < -0.4 is 10.1 Å². The second-order valence-electron chi connectivity index (χ2n) is 7.19. The van der Waals surface area contributed by atoms with Gasteiger partial charge in [0.05, 0.1) is 22.8 Å². The van der Waals surface area contributed by atoms with Crippen LogP contribution in [0.25, 0.3) is 5.69 Å². The summed E-state index contributed by atoms with van der Waals surface area (Å²) in [5, 5.41) is 7.62. The number of benzene rings is 3. The lowest BCUT2D eigenvalue weighted by Gasteiger charge is -2.09. The van der Waals surface area contributed by atoms with Crippen LogP contribution >= 0.6 is 0 Å². The lowest BCUT2D eigenvalue weighted by Crippen LogP contribution is -2.13. The molecule has 0 spiro atoms. The predicted molar refractivity (Wildman–Crippen MR) is 119 cm³/mol. The van der Waals surface area contributed by atoms with Gasteiger partial charge in [0.25, 0.3) is 5.91 Å². The lowest BCUT2D eigenvalue weighted by atomic mass is 10.2. The van der Waals surface area contributed by atoms with Crippen molar-refractivity contribution >= 4 is 11.6 Å². The molecule has 5 nitrogen and oxygen atoms in total. The van der Waals surface area contributed by atoms with E-state index in [1.54, 1.807) is 12.1 Å². The smallest absolute Gasteiger partial charge is 0.255 e. The molecule has 0 aliphatic rings. The molecule has 0 saturated carbocycles. The van der Waals surface area contributed by atoms with Crippen molar-refractivity contribution in [2.45, 2.75) is 20.8 Å². The van der Waals surface area contributed by atoms with Crippen molar-refractivity contribution in [3.05, 3.63) is 101 Å². The number of carbonyl (C=O) groups excluding carboxylic acids is 1. The average molecular weight is 397 g/mol. The molecule has 1 aromatic heterocycles. The summed E-state index contributed by atoms with van der Waals surface area (Å²) in [4.78, 5) is 12.9. The molecule has 4 rings (SSSR count). The lowest BCUT2D eigenvalue weighted by molar-refractivity contribution is 0.102. The zero-order valence-corrected chi connectivity index (χ0v) is 17.2. The van der Waals surface area contributed by atoms with Crippen molar-refractivity contribution in [3.63, 3.8) is 0 Å². The Bertz CT molecular complexity index is 1180. The van der Waals surface area contributed by atoms with Crippen LogP contribution in [0, 0.1) is 20.8 Å². The van der Waals surface area contributed by atoms with Gasteiger partial charge in [-0.25, -0.2) is 4.68 Å². The van der Waals surface area contributed by atoms with E-state index in [-0.39, 0.29) is 5.91 Å². The molecule has 0 bridgehead atoms. The zero-order chi connectivity index (χ0) is 21.1. The summed E-state index contributed by atoms with van der Waals surface area (Å²) in [5.74, 6) is 1.13. The highest BCUT2D eigenvalue weighted by atomic mass is 16.5. The van der Waals surface area contributed by atoms with Crippen molar-refractivity contribution in [2.75, 3.05) is 5.32 Å². The highest BCUT2D eigenvalue weighted by molar-refractivity contribution is 6.05. The number of nitrogens with zero attached hydrogens (tertiary/aromatic N) is 2. The molecule has 1 heterocycles. The molecule has 0 aliphatic heterocycles. The summed E-state index contributed by atoms with van der Waals surface area (Å²) < 4.78 is 7.69. The number of anilines is 1. The summed E-state index contributed by atoms with van der Waals surface area (Å²) in [6.07, 6.45) is 0. The van der Waals surface area contributed by atoms with Gasteiger partial charge >= 0.3 is 0 Å². The normalized spacial score (nSPS) is 10.6. The number of rotatable bonds is 5. The largest absolute Gasteiger partial charge is 0.457 e. The summed E-state index contributed by atoms with van der Waals surface area (Å²) in [7, 11) is 0. The predicted octanol–water partition coefficient (Wildman–Crippen LogP) is 5.84. The minimum atomic E-state index is -0.205. The maximum atomic E-state index is 12.9. The number of para-hydroxylation sites is 1. The molecule has 1 N–H and O–H groups in total. The molecule has 0 aliphatic carbocycles. The molecule has 0 saturated heterocycles. The molecule has 0 radical (unpaired) electrons. The number of aryl methyl sites for hydroxylation is 2. The standard InChI is InChI=1S/C25H23N3O2/c1-17-12-14-21(15-13-17)28-19(3)24(18(2)27-28)26-25(29)20-8-7-11-23(16-20)30-22-9-5-4-6-10-22/h4-16H,1-3H3,(H,26,29). The third kappa shape index (κ3) is 4.10. The Balaban J connectivity index is 1.56. The molecule has 0 unspecified atom stereocenters. The van der Waals surface area contributed by atoms with Crippen molar-refractivity contribution in [1.82, 2.24) is 9.78 Å². The molecule has 5 heteroatoms. The molecule has 150 valence electrons. The van der Waals surface area contributed by atoms with Crippen LogP contribution in [0.2, 0.25) is 0 Å². The molecule has 0 atom stereocenters. The monoisotopic (exact) mass is 397 g/mol. The minimum Gasteiger partial charge on any atom is -0.457 e. The minimum absolute atomic E-state index is 0.205. The number of nitrogens with one attached hydrogen (secondary N) is 1. The Morgan fingerprint density at radius 1 is 0.867 bits per heavy atom. The molecular formula is C25H23N3O2. The quantitative estimate of drug-likeness (QED) is 0.460. The number of amides is 1. The van der Waals surface area contributed by atoms with E-state index in [1.807, 2.05) is 92.2 Å². The van der Waals surface area contributed by atoms with Gasteiger partial charge in [-0.15, -0.1) is 0 Å². The van der Waals surface area contributed by atoms with Gasteiger partial charge in [0.1, 0.15) is 11.5 Å². The van der Waals surface area contributed by atoms with E-state index in [2.05, 4.69) is 10.4 Å². The number of aromatic nitrogens is 2. The fraction of sp³-hybridized carbons (Fsp3) is 0.120. The number of hydrogen-bond acceptors (Lipinski definition) is 3. The first-order chi connectivity index (χ1) is 14.5. The maximum Gasteiger partial charge on any atom is 0.255 e. The van der Waals surface area contributed by atoms with Crippen molar-refractivity contribution in [1.29, 1.82) is 0 Å². The highest BCUT2D eigenvalue weighted by Crippen LogP contribution is 2.25. The third-order valence-corrected chi connectivity index (χ3v) is 4.88. The van der Waals surface area contributed by atoms with Gasteiger partial charge in [-0.2, -0.15) is 5.10 Å². The van der Waals surface area contributed by atoms with E-state index in [1.165, 1.54) is 5.56 Å². The van der Waals surface area contributed by atoms with Gasteiger partial charge < -0.3 is 10.1 Å². The van der Waals surface area contributed by atoms with Gasteiger partial charge in [-0.05, 0) is 63.2 Å². The topological polar surface area (TPSA) is 56.2 Å². The van der Waals surface area contributed by atoms with Gasteiger partial charge in [-0.3, -0.25) is 4.79 Å². The second-order valence-corrected chi connectivity index (χ2v) is 7.19. The van der Waals surface area contributed by atoms with E-state index < -0.39 is 0 Å². The van der Waals surface area contributed by atoms with Crippen molar-refractivity contribution in [2.24, 2.45) is 0 Å². The van der Waals surface area contributed by atoms with Crippen LogP contribution in [-0.4, -0.2) is 15.7 Å². The number of hydrogen-bond donors (Lipinski definition) is 1. The van der Waals surface area contributed by atoms with Crippen LogP contribution in [-0.2, 0) is 0 Å². The van der Waals surface area contributed by atoms with Gasteiger partial charge in [-0.1, -0.05) is 42.0 Å². The van der Waals surface area contributed by atoms with Crippen LogP contribution in [0.15, 0.2) is 78.9 Å². The number of ether oxygens (including phenoxy) is 1. The molecule has 1 amide bonds. The van der Waals surface area contributed by atoms with E-state index in [0.717, 1.165) is 28.5 Å². The van der Waals surface area contributed by atoms with Crippen LogP contribution in [0.4, 0.5) is 5.69 Å². The van der Waals surface area contributed by atoms with Gasteiger partial charge in [0.15, 0.2) is 0 Å². The zero-order valence-electron chi connectivity index (χ0n) is 17.2. The first-order valence-electron chi connectivity index (χ1n) is 9.79. The third-order valence-electron chi connectivity index (χ3n) is 4.88. The summed E-state index contributed by atoms with van der Waals surface area (Å²) >= 11 is 0. The Morgan fingerprint density at radius 3 is 2.30 bits per heavy atom. The average Bonchev–Trinajstić information content (AvgIpc) is 3.03. The van der Waals surface area contributed by atoms with Gasteiger partial charge in [0, 0.05) is 5.56 Å². The molecule has 4 aromatic rings. The highest BCUT2D eigenvalue weighted by Gasteiger charge is 2.16. The summed E-state index contributed by atoms with van der Waals surface area (Å²) in [6.45, 7) is 5.89. The van der Waals surface area contributed by atoms with Crippen molar-refractivity contribution < 1.29 is 9.53 Å².